The summed E-state index contributed by atoms with van der Waals surface area (Å²) in [5, 5.41) is 5.82. The van der Waals surface area contributed by atoms with Crippen LogP contribution in [-0.4, -0.2) is 59.9 Å². The van der Waals surface area contributed by atoms with Gasteiger partial charge in [0, 0.05) is 49.4 Å². The van der Waals surface area contributed by atoms with Crippen LogP contribution in [0.25, 0.3) is 0 Å². The van der Waals surface area contributed by atoms with E-state index < -0.39 is 0 Å². The second-order valence-corrected chi connectivity index (χ2v) is 8.05. The van der Waals surface area contributed by atoms with Crippen molar-refractivity contribution in [1.82, 2.24) is 15.1 Å². The van der Waals surface area contributed by atoms with Gasteiger partial charge in [-0.05, 0) is 62.8 Å². The maximum absolute atomic E-state index is 12.4. The maximum Gasteiger partial charge on any atom is 0.319 e. The Kier molecular flexibility index (Phi) is 5.50. The highest BCUT2D eigenvalue weighted by molar-refractivity contribution is 5.95. The number of nitrogens with zero attached hydrogens (tertiary/aromatic N) is 2. The number of carbonyl (C=O) groups excluding carboxylic acids is 3. The maximum atomic E-state index is 12.4. The fourth-order valence-electron chi connectivity index (χ4n) is 3.98. The van der Waals surface area contributed by atoms with Crippen LogP contribution < -0.4 is 10.6 Å². The van der Waals surface area contributed by atoms with E-state index in [1.807, 2.05) is 9.80 Å². The predicted octanol–water partition coefficient (Wildman–Crippen LogP) is 2.45. The molecule has 0 unspecified atom stereocenters. The van der Waals surface area contributed by atoms with Gasteiger partial charge in [-0.25, -0.2) is 4.79 Å². The summed E-state index contributed by atoms with van der Waals surface area (Å²) in [5.41, 5.74) is 1.32. The summed E-state index contributed by atoms with van der Waals surface area (Å²) in [6.07, 6.45) is 5.77. The number of carbonyl (C=O) groups is 3. The van der Waals surface area contributed by atoms with Crippen LogP contribution in [0.5, 0.6) is 0 Å². The summed E-state index contributed by atoms with van der Waals surface area (Å²) >= 11 is 0. The second kappa shape index (κ2) is 8.20. The molecule has 1 saturated carbocycles. The Morgan fingerprint density at radius 1 is 0.821 bits per heavy atom. The van der Waals surface area contributed by atoms with E-state index in [1.165, 1.54) is 0 Å². The highest BCUT2D eigenvalue weighted by Gasteiger charge is 2.35. The summed E-state index contributed by atoms with van der Waals surface area (Å²) in [5.74, 6) is 0.598. The molecule has 0 spiro atoms. The van der Waals surface area contributed by atoms with Gasteiger partial charge in [-0.3, -0.25) is 9.59 Å². The van der Waals surface area contributed by atoms with Gasteiger partial charge in [0.1, 0.15) is 0 Å². The second-order valence-electron chi connectivity index (χ2n) is 8.05. The molecule has 7 nitrogen and oxygen atoms in total. The molecular weight excluding hydrogens is 356 g/mol. The average Bonchev–Trinajstić information content (AvgIpc) is 3.42. The summed E-state index contributed by atoms with van der Waals surface area (Å²) in [6.45, 7) is 3.08. The molecule has 3 aliphatic rings. The smallest absolute Gasteiger partial charge is 0.319 e. The molecule has 0 atom stereocenters. The van der Waals surface area contributed by atoms with Crippen LogP contribution in [0.1, 0.15) is 48.9 Å². The SMILES string of the molecule is O=C(Nc1ccc(C(=O)N2CCCC2)cc1)NC1CCN(C(=O)C2CC2)CC1. The fourth-order valence-corrected chi connectivity index (χ4v) is 3.98. The lowest BCUT2D eigenvalue weighted by molar-refractivity contribution is -0.133. The fraction of sp³-hybridized carbons (Fsp3) is 0.571. The van der Waals surface area contributed by atoms with Crippen LogP contribution >= 0.6 is 0 Å². The standard InChI is InChI=1S/C21H28N4O3/c26-19(24-11-1-2-12-24)16-5-7-17(8-6-16)22-21(28)23-18-9-13-25(14-10-18)20(27)15-3-4-15/h5-8,15,18H,1-4,9-14H2,(H2,22,23,28). The molecule has 2 N–H and O–H groups in total. The molecule has 1 aromatic rings. The van der Waals surface area contributed by atoms with Gasteiger partial charge in [-0.1, -0.05) is 0 Å². The Bertz CT molecular complexity index is 731. The predicted molar refractivity (Wildman–Crippen MR) is 106 cm³/mol. The molecule has 4 rings (SSSR count). The van der Waals surface area contributed by atoms with E-state index in [0.29, 0.717) is 24.3 Å². The third-order valence-electron chi connectivity index (χ3n) is 5.85. The van der Waals surface area contributed by atoms with E-state index in [1.54, 1.807) is 24.3 Å². The molecule has 0 radical (unpaired) electrons. The first-order chi connectivity index (χ1) is 13.6. The molecule has 28 heavy (non-hydrogen) atoms. The van der Waals surface area contributed by atoms with Crippen molar-refractivity contribution in [2.75, 3.05) is 31.5 Å². The van der Waals surface area contributed by atoms with Gasteiger partial charge in [-0.15, -0.1) is 0 Å². The van der Waals surface area contributed by atoms with Gasteiger partial charge in [-0.2, -0.15) is 0 Å². The highest BCUT2D eigenvalue weighted by atomic mass is 16.2. The topological polar surface area (TPSA) is 81.8 Å². The zero-order valence-electron chi connectivity index (χ0n) is 16.2. The minimum atomic E-state index is -0.245. The molecule has 2 heterocycles. The number of amides is 4. The van der Waals surface area contributed by atoms with E-state index in [4.69, 9.17) is 0 Å². The Hall–Kier alpha value is -2.57. The number of urea groups is 1. The quantitative estimate of drug-likeness (QED) is 0.837. The van der Waals surface area contributed by atoms with Crippen molar-refractivity contribution in [2.24, 2.45) is 5.92 Å². The summed E-state index contributed by atoms with van der Waals surface area (Å²) in [6, 6.07) is 6.89. The number of likely N-dealkylation sites (tertiary alicyclic amines) is 2. The van der Waals surface area contributed by atoms with Crippen molar-refractivity contribution < 1.29 is 14.4 Å². The highest BCUT2D eigenvalue weighted by Crippen LogP contribution is 2.31. The Labute approximate surface area is 165 Å². The number of hydrogen-bond acceptors (Lipinski definition) is 3. The van der Waals surface area contributed by atoms with Gasteiger partial charge in [0.25, 0.3) is 5.91 Å². The normalized spacial score (nSPS) is 20.1. The zero-order chi connectivity index (χ0) is 19.5. The van der Waals surface area contributed by atoms with Crippen LogP contribution in [0.15, 0.2) is 24.3 Å². The van der Waals surface area contributed by atoms with Crippen LogP contribution in [0.3, 0.4) is 0 Å². The van der Waals surface area contributed by atoms with Crippen LogP contribution in [0.2, 0.25) is 0 Å². The Balaban J connectivity index is 1.22. The number of nitrogens with one attached hydrogen (secondary N) is 2. The molecular formula is C21H28N4O3. The molecule has 0 aromatic heterocycles. The van der Waals surface area contributed by atoms with Gasteiger partial charge in [0.2, 0.25) is 5.91 Å². The Morgan fingerprint density at radius 2 is 1.46 bits per heavy atom. The summed E-state index contributed by atoms with van der Waals surface area (Å²) in [7, 11) is 0. The van der Waals surface area contributed by atoms with Gasteiger partial charge >= 0.3 is 6.03 Å². The van der Waals surface area contributed by atoms with Gasteiger partial charge in [0.05, 0.1) is 0 Å². The molecule has 2 saturated heterocycles. The third-order valence-corrected chi connectivity index (χ3v) is 5.85. The minimum absolute atomic E-state index is 0.0565. The van der Waals surface area contributed by atoms with Crippen molar-refractivity contribution in [1.29, 1.82) is 0 Å². The molecule has 2 aliphatic heterocycles. The third kappa shape index (κ3) is 4.46. The molecule has 7 heteroatoms. The van der Waals surface area contributed by atoms with Crippen LogP contribution in [-0.2, 0) is 4.79 Å². The molecule has 3 fully saturated rings. The first-order valence-electron chi connectivity index (χ1n) is 10.4. The monoisotopic (exact) mass is 384 g/mol. The number of rotatable bonds is 4. The van der Waals surface area contributed by atoms with E-state index in [2.05, 4.69) is 10.6 Å². The number of hydrogen-bond donors (Lipinski definition) is 2. The van der Waals surface area contributed by atoms with Crippen molar-refractivity contribution in [3.8, 4) is 0 Å². The van der Waals surface area contributed by atoms with Crippen molar-refractivity contribution >= 4 is 23.5 Å². The zero-order valence-corrected chi connectivity index (χ0v) is 16.2. The first kappa shape index (κ1) is 18.8. The van der Waals surface area contributed by atoms with E-state index in [0.717, 1.165) is 51.6 Å². The van der Waals surface area contributed by atoms with E-state index in [-0.39, 0.29) is 29.8 Å². The van der Waals surface area contributed by atoms with Gasteiger partial charge < -0.3 is 20.4 Å². The van der Waals surface area contributed by atoms with Crippen molar-refractivity contribution in [3.05, 3.63) is 29.8 Å². The molecule has 1 aliphatic carbocycles. The lowest BCUT2D eigenvalue weighted by atomic mass is 10.0. The molecule has 4 amide bonds. The van der Waals surface area contributed by atoms with Crippen LogP contribution in [0.4, 0.5) is 10.5 Å². The van der Waals surface area contributed by atoms with Gasteiger partial charge in [0.15, 0.2) is 0 Å². The van der Waals surface area contributed by atoms with Crippen molar-refractivity contribution in [3.63, 3.8) is 0 Å². The number of benzene rings is 1. The van der Waals surface area contributed by atoms with E-state index in [9.17, 15) is 14.4 Å². The minimum Gasteiger partial charge on any atom is -0.342 e. The number of piperidine rings is 1. The average molecular weight is 384 g/mol. The summed E-state index contributed by atoms with van der Waals surface area (Å²) in [4.78, 5) is 40.5. The number of anilines is 1. The lowest BCUT2D eigenvalue weighted by Crippen LogP contribution is -2.47. The molecule has 0 bridgehead atoms. The largest absolute Gasteiger partial charge is 0.342 e. The van der Waals surface area contributed by atoms with E-state index >= 15 is 0 Å². The Morgan fingerprint density at radius 3 is 2.07 bits per heavy atom. The lowest BCUT2D eigenvalue weighted by Gasteiger charge is -2.32. The molecule has 150 valence electrons. The molecule has 1 aromatic carbocycles. The van der Waals surface area contributed by atoms with Crippen LogP contribution in [0, 0.1) is 5.92 Å². The first-order valence-corrected chi connectivity index (χ1v) is 10.4. The van der Waals surface area contributed by atoms with Crippen molar-refractivity contribution in [2.45, 2.75) is 44.6 Å². The summed E-state index contributed by atoms with van der Waals surface area (Å²) < 4.78 is 0.